The van der Waals surface area contributed by atoms with E-state index in [1.54, 1.807) is 6.07 Å². The lowest BCUT2D eigenvalue weighted by Crippen LogP contribution is -2.54. The fraction of sp³-hybridized carbons (Fsp3) is 0.520. The summed E-state index contributed by atoms with van der Waals surface area (Å²) >= 11 is 7.62. The van der Waals surface area contributed by atoms with Crippen LogP contribution in [0.3, 0.4) is 0 Å². The highest BCUT2D eigenvalue weighted by atomic mass is 35.5. The van der Waals surface area contributed by atoms with Crippen molar-refractivity contribution in [1.29, 1.82) is 0 Å². The van der Waals surface area contributed by atoms with Crippen LogP contribution >= 0.6 is 23.4 Å². The van der Waals surface area contributed by atoms with Crippen molar-refractivity contribution in [3.63, 3.8) is 0 Å². The van der Waals surface area contributed by atoms with Crippen LogP contribution in [0.25, 0.3) is 0 Å². The number of aromatic nitrogens is 2. The number of carbonyl (C=O) groups excluding carboxylic acids is 2. The number of anilines is 1. The van der Waals surface area contributed by atoms with E-state index in [-0.39, 0.29) is 23.6 Å². The summed E-state index contributed by atoms with van der Waals surface area (Å²) in [5, 5.41) is 0.847. The lowest BCUT2D eigenvalue weighted by molar-refractivity contribution is -0.128. The second-order valence-electron chi connectivity index (χ2n) is 8.66. The number of aryl methyl sites for hydroxylation is 1. The molecule has 1 aliphatic rings. The fourth-order valence-corrected chi connectivity index (χ4v) is 5.04. The van der Waals surface area contributed by atoms with Crippen molar-refractivity contribution in [3.05, 3.63) is 46.6 Å². The van der Waals surface area contributed by atoms with Gasteiger partial charge in [-0.05, 0) is 38.8 Å². The van der Waals surface area contributed by atoms with Gasteiger partial charge in [-0.25, -0.2) is 9.97 Å². The minimum absolute atomic E-state index is 0.0191. The van der Waals surface area contributed by atoms with Gasteiger partial charge in [-0.3, -0.25) is 9.59 Å². The van der Waals surface area contributed by atoms with Gasteiger partial charge in [0.25, 0.3) is 5.91 Å². The van der Waals surface area contributed by atoms with Crippen molar-refractivity contribution >= 4 is 41.0 Å². The normalized spacial score (nSPS) is 16.0. The number of carbonyl (C=O) groups is 2. The summed E-state index contributed by atoms with van der Waals surface area (Å²) in [6.45, 7) is 11.6. The second-order valence-corrected chi connectivity index (χ2v) is 9.99. The second kappa shape index (κ2) is 12.4. The monoisotopic (exact) mass is 503 g/mol. The quantitative estimate of drug-likeness (QED) is 0.284. The first-order valence-corrected chi connectivity index (χ1v) is 13.3. The van der Waals surface area contributed by atoms with Crippen LogP contribution in [-0.2, 0) is 4.79 Å². The van der Waals surface area contributed by atoms with Gasteiger partial charge < -0.3 is 14.7 Å². The molecule has 1 unspecified atom stereocenters. The average molecular weight is 504 g/mol. The first-order chi connectivity index (χ1) is 16.3. The highest BCUT2D eigenvalue weighted by Crippen LogP contribution is 2.25. The molecule has 7 nitrogen and oxygen atoms in total. The number of rotatable bonds is 9. The molecule has 0 aliphatic carbocycles. The summed E-state index contributed by atoms with van der Waals surface area (Å²) in [6.07, 6.45) is 1.87. The van der Waals surface area contributed by atoms with Gasteiger partial charge in [0, 0.05) is 50.4 Å². The Bertz CT molecular complexity index is 982. The predicted molar refractivity (Wildman–Crippen MR) is 139 cm³/mol. The maximum atomic E-state index is 13.0. The van der Waals surface area contributed by atoms with Crippen molar-refractivity contribution < 1.29 is 9.59 Å². The SMILES string of the molecule is CCCN(CCC)C(=O)CSc1nc(Cl)cc(N2CCN(C(=O)c3ccc(C)cc3)C(C)C2)n1. The van der Waals surface area contributed by atoms with Gasteiger partial charge in [0.2, 0.25) is 5.91 Å². The van der Waals surface area contributed by atoms with E-state index in [9.17, 15) is 9.59 Å². The van der Waals surface area contributed by atoms with E-state index >= 15 is 0 Å². The maximum absolute atomic E-state index is 13.0. The molecule has 1 aromatic carbocycles. The molecule has 2 amide bonds. The number of hydrogen-bond acceptors (Lipinski definition) is 6. The summed E-state index contributed by atoms with van der Waals surface area (Å²) in [5.41, 5.74) is 1.84. The van der Waals surface area contributed by atoms with Gasteiger partial charge in [-0.15, -0.1) is 0 Å². The van der Waals surface area contributed by atoms with Crippen LogP contribution in [0.15, 0.2) is 35.5 Å². The number of halogens is 1. The third kappa shape index (κ3) is 6.85. The zero-order chi connectivity index (χ0) is 24.7. The zero-order valence-electron chi connectivity index (χ0n) is 20.5. The van der Waals surface area contributed by atoms with Crippen molar-refractivity contribution in [2.45, 2.75) is 51.7 Å². The van der Waals surface area contributed by atoms with Crippen LogP contribution in [0.4, 0.5) is 5.82 Å². The van der Waals surface area contributed by atoms with Crippen molar-refractivity contribution in [1.82, 2.24) is 19.8 Å². The maximum Gasteiger partial charge on any atom is 0.254 e. The Kier molecular flexibility index (Phi) is 9.59. The first kappa shape index (κ1) is 26.3. The Morgan fingerprint density at radius 1 is 1.12 bits per heavy atom. The fourth-order valence-electron chi connectivity index (χ4n) is 4.06. The third-order valence-corrected chi connectivity index (χ3v) is 6.86. The molecule has 2 aromatic rings. The molecule has 3 rings (SSSR count). The summed E-state index contributed by atoms with van der Waals surface area (Å²) in [5.74, 6) is 1.15. The lowest BCUT2D eigenvalue weighted by Gasteiger charge is -2.40. The van der Waals surface area contributed by atoms with Gasteiger partial charge in [0.05, 0.1) is 5.75 Å². The molecule has 34 heavy (non-hydrogen) atoms. The largest absolute Gasteiger partial charge is 0.353 e. The number of hydrogen-bond donors (Lipinski definition) is 0. The molecular formula is C25H34ClN5O2S. The molecule has 0 saturated carbocycles. The Balaban J connectivity index is 1.64. The van der Waals surface area contributed by atoms with Gasteiger partial charge in [-0.1, -0.05) is 54.9 Å². The first-order valence-electron chi connectivity index (χ1n) is 11.9. The van der Waals surface area contributed by atoms with Crippen molar-refractivity contribution in [3.8, 4) is 0 Å². The molecule has 0 radical (unpaired) electrons. The number of piperazine rings is 1. The average Bonchev–Trinajstić information content (AvgIpc) is 2.82. The Morgan fingerprint density at radius 3 is 2.41 bits per heavy atom. The molecule has 9 heteroatoms. The number of amides is 2. The van der Waals surface area contributed by atoms with E-state index in [1.165, 1.54) is 11.8 Å². The Hall–Kier alpha value is -2.32. The van der Waals surface area contributed by atoms with Gasteiger partial charge in [0.15, 0.2) is 5.16 Å². The van der Waals surface area contributed by atoms with E-state index in [0.717, 1.165) is 37.3 Å². The van der Waals surface area contributed by atoms with E-state index in [4.69, 9.17) is 11.6 Å². The highest BCUT2D eigenvalue weighted by molar-refractivity contribution is 7.99. The molecule has 1 saturated heterocycles. The van der Waals surface area contributed by atoms with E-state index < -0.39 is 0 Å². The van der Waals surface area contributed by atoms with Crippen LogP contribution in [-0.4, -0.2) is 76.1 Å². The van der Waals surface area contributed by atoms with Crippen LogP contribution in [0.2, 0.25) is 5.15 Å². The number of thioether (sulfide) groups is 1. The molecule has 1 fully saturated rings. The van der Waals surface area contributed by atoms with Gasteiger partial charge >= 0.3 is 0 Å². The minimum atomic E-state index is 0.0191. The number of nitrogens with zero attached hydrogens (tertiary/aromatic N) is 5. The van der Waals surface area contributed by atoms with Gasteiger partial charge in [-0.2, -0.15) is 0 Å². The molecule has 0 spiro atoms. The van der Waals surface area contributed by atoms with E-state index in [2.05, 4.69) is 28.7 Å². The molecule has 1 atom stereocenters. The smallest absolute Gasteiger partial charge is 0.254 e. The van der Waals surface area contributed by atoms with Crippen LogP contribution in [0.5, 0.6) is 0 Å². The van der Waals surface area contributed by atoms with Crippen molar-refractivity contribution in [2.75, 3.05) is 43.4 Å². The molecule has 0 bridgehead atoms. The topological polar surface area (TPSA) is 69.6 Å². The standard InChI is InChI=1S/C25H34ClN5O2S/c1-5-11-29(12-6-2)23(32)17-34-25-27-21(26)15-22(28-25)30-13-14-31(19(4)16-30)24(33)20-9-7-18(3)8-10-20/h7-10,15,19H,5-6,11-14,16-17H2,1-4H3. The summed E-state index contributed by atoms with van der Waals surface area (Å²) in [4.78, 5) is 40.5. The highest BCUT2D eigenvalue weighted by Gasteiger charge is 2.29. The van der Waals surface area contributed by atoms with Crippen molar-refractivity contribution in [2.24, 2.45) is 0 Å². The van der Waals surface area contributed by atoms with Gasteiger partial charge in [0.1, 0.15) is 11.0 Å². The van der Waals surface area contributed by atoms with Crippen LogP contribution in [0, 0.1) is 6.92 Å². The van der Waals surface area contributed by atoms with Crippen LogP contribution in [0.1, 0.15) is 49.5 Å². The Labute approximate surface area is 211 Å². The zero-order valence-corrected chi connectivity index (χ0v) is 22.0. The minimum Gasteiger partial charge on any atom is -0.353 e. The van der Waals surface area contributed by atoms with E-state index in [1.807, 2.05) is 47.9 Å². The summed E-state index contributed by atoms with van der Waals surface area (Å²) in [6, 6.07) is 9.46. The van der Waals surface area contributed by atoms with Crippen LogP contribution < -0.4 is 4.90 Å². The Morgan fingerprint density at radius 2 is 1.79 bits per heavy atom. The molecule has 184 valence electrons. The molecule has 0 N–H and O–H groups in total. The summed E-state index contributed by atoms with van der Waals surface area (Å²) < 4.78 is 0. The van der Waals surface area contributed by atoms with E-state index in [0.29, 0.717) is 35.5 Å². The lowest BCUT2D eigenvalue weighted by atomic mass is 10.1. The molecular weight excluding hydrogens is 470 g/mol. The predicted octanol–water partition coefficient (Wildman–Crippen LogP) is 4.53. The molecule has 2 heterocycles. The third-order valence-electron chi connectivity index (χ3n) is 5.84. The molecule has 1 aromatic heterocycles. The molecule has 1 aliphatic heterocycles. The number of benzene rings is 1. The summed E-state index contributed by atoms with van der Waals surface area (Å²) in [7, 11) is 0.